The Bertz CT molecular complexity index is 344. The summed E-state index contributed by atoms with van der Waals surface area (Å²) in [6, 6.07) is 10.9. The third-order valence-electron chi connectivity index (χ3n) is 2.71. The third-order valence-corrected chi connectivity index (χ3v) is 2.71. The highest BCUT2D eigenvalue weighted by Crippen LogP contribution is 2.14. The standard InChI is InChI=1S/C12H15N3/c13-6-5-10-1-3-11(4-2-10)12-9-14-7-8-15-12/h1-4,12,14-15H,5,7-9H2. The van der Waals surface area contributed by atoms with Gasteiger partial charge in [0.25, 0.3) is 0 Å². The molecule has 0 aliphatic carbocycles. The van der Waals surface area contributed by atoms with Gasteiger partial charge in [-0.3, -0.25) is 0 Å². The maximum atomic E-state index is 8.57. The van der Waals surface area contributed by atoms with Crippen molar-refractivity contribution in [1.82, 2.24) is 10.6 Å². The average Bonchev–Trinajstić information content (AvgIpc) is 2.32. The van der Waals surface area contributed by atoms with Gasteiger partial charge in [-0.05, 0) is 11.1 Å². The number of hydrogen-bond acceptors (Lipinski definition) is 3. The summed E-state index contributed by atoms with van der Waals surface area (Å²) in [7, 11) is 0. The topological polar surface area (TPSA) is 47.9 Å². The maximum absolute atomic E-state index is 8.57. The van der Waals surface area contributed by atoms with Gasteiger partial charge in [-0.15, -0.1) is 0 Å². The van der Waals surface area contributed by atoms with Gasteiger partial charge < -0.3 is 10.6 Å². The summed E-state index contributed by atoms with van der Waals surface area (Å²) in [5.74, 6) is 0. The number of nitriles is 1. The molecule has 2 rings (SSSR count). The van der Waals surface area contributed by atoms with Crippen LogP contribution in [0.5, 0.6) is 0 Å². The molecule has 0 bridgehead atoms. The zero-order valence-electron chi connectivity index (χ0n) is 8.66. The SMILES string of the molecule is N#CCc1ccc(C2CNCCN2)cc1. The fourth-order valence-corrected chi connectivity index (χ4v) is 1.85. The minimum atomic E-state index is 0.412. The van der Waals surface area contributed by atoms with E-state index in [1.165, 1.54) is 5.56 Å². The van der Waals surface area contributed by atoms with Crippen molar-refractivity contribution in [2.45, 2.75) is 12.5 Å². The molecular weight excluding hydrogens is 186 g/mol. The van der Waals surface area contributed by atoms with Gasteiger partial charge in [0.1, 0.15) is 0 Å². The highest BCUT2D eigenvalue weighted by atomic mass is 15.1. The number of hydrogen-bond donors (Lipinski definition) is 2. The molecule has 1 aliphatic heterocycles. The Hall–Kier alpha value is -1.37. The molecule has 1 aromatic carbocycles. The lowest BCUT2D eigenvalue weighted by molar-refractivity contribution is 0.430. The summed E-state index contributed by atoms with van der Waals surface area (Å²) >= 11 is 0. The molecule has 1 aromatic rings. The van der Waals surface area contributed by atoms with Crippen LogP contribution in [0.25, 0.3) is 0 Å². The van der Waals surface area contributed by atoms with Crippen LogP contribution in [-0.2, 0) is 6.42 Å². The zero-order chi connectivity index (χ0) is 10.5. The van der Waals surface area contributed by atoms with E-state index in [1.807, 2.05) is 12.1 Å². The second-order valence-corrected chi connectivity index (χ2v) is 3.79. The summed E-state index contributed by atoms with van der Waals surface area (Å²) in [6.45, 7) is 3.05. The molecule has 0 aromatic heterocycles. The van der Waals surface area contributed by atoms with Crippen LogP contribution in [0.4, 0.5) is 0 Å². The van der Waals surface area contributed by atoms with E-state index >= 15 is 0 Å². The quantitative estimate of drug-likeness (QED) is 0.750. The highest BCUT2D eigenvalue weighted by Gasteiger charge is 2.13. The van der Waals surface area contributed by atoms with E-state index in [0.717, 1.165) is 25.2 Å². The van der Waals surface area contributed by atoms with Gasteiger partial charge >= 0.3 is 0 Å². The Labute approximate surface area is 90.1 Å². The highest BCUT2D eigenvalue weighted by molar-refractivity contribution is 5.27. The maximum Gasteiger partial charge on any atom is 0.0669 e. The van der Waals surface area contributed by atoms with Crippen LogP contribution in [0.3, 0.4) is 0 Å². The van der Waals surface area contributed by atoms with Crippen molar-refractivity contribution >= 4 is 0 Å². The molecule has 3 nitrogen and oxygen atoms in total. The summed E-state index contributed by atoms with van der Waals surface area (Å²) in [4.78, 5) is 0. The van der Waals surface area contributed by atoms with Gasteiger partial charge in [-0.2, -0.15) is 5.26 Å². The molecule has 1 atom stereocenters. The molecule has 1 unspecified atom stereocenters. The van der Waals surface area contributed by atoms with Crippen molar-refractivity contribution in [3.63, 3.8) is 0 Å². The van der Waals surface area contributed by atoms with E-state index in [-0.39, 0.29) is 0 Å². The van der Waals surface area contributed by atoms with E-state index in [1.54, 1.807) is 0 Å². The van der Waals surface area contributed by atoms with Crippen LogP contribution in [0.2, 0.25) is 0 Å². The van der Waals surface area contributed by atoms with E-state index in [9.17, 15) is 0 Å². The summed E-state index contributed by atoms with van der Waals surface area (Å²) in [5, 5.41) is 15.4. The van der Waals surface area contributed by atoms with Gasteiger partial charge in [0, 0.05) is 25.7 Å². The van der Waals surface area contributed by atoms with Gasteiger partial charge in [-0.1, -0.05) is 24.3 Å². The average molecular weight is 201 g/mol. The van der Waals surface area contributed by atoms with Crippen LogP contribution in [-0.4, -0.2) is 19.6 Å². The predicted octanol–water partition coefficient (Wildman–Crippen LogP) is 0.987. The summed E-state index contributed by atoms with van der Waals surface area (Å²) in [6.07, 6.45) is 0.497. The first kappa shape index (κ1) is 10.2. The Balaban J connectivity index is 2.05. The van der Waals surface area contributed by atoms with Crippen LogP contribution in [0.15, 0.2) is 24.3 Å². The minimum Gasteiger partial charge on any atom is -0.314 e. The molecule has 3 heteroatoms. The van der Waals surface area contributed by atoms with Crippen LogP contribution in [0, 0.1) is 11.3 Å². The van der Waals surface area contributed by atoms with Crippen molar-refractivity contribution in [3.05, 3.63) is 35.4 Å². The molecule has 1 saturated heterocycles. The van der Waals surface area contributed by atoms with Crippen molar-refractivity contribution in [1.29, 1.82) is 5.26 Å². The number of nitrogens with one attached hydrogen (secondary N) is 2. The van der Waals surface area contributed by atoms with Crippen LogP contribution in [0.1, 0.15) is 17.2 Å². The van der Waals surface area contributed by atoms with Gasteiger partial charge in [0.2, 0.25) is 0 Å². The largest absolute Gasteiger partial charge is 0.314 e. The van der Waals surface area contributed by atoms with Crippen molar-refractivity contribution in [2.75, 3.05) is 19.6 Å². The molecule has 1 fully saturated rings. The molecule has 0 saturated carbocycles. The van der Waals surface area contributed by atoms with Crippen molar-refractivity contribution in [3.8, 4) is 6.07 Å². The first-order valence-corrected chi connectivity index (χ1v) is 5.30. The van der Waals surface area contributed by atoms with E-state index < -0.39 is 0 Å². The van der Waals surface area contributed by atoms with Crippen LogP contribution < -0.4 is 10.6 Å². The second-order valence-electron chi connectivity index (χ2n) is 3.79. The lowest BCUT2D eigenvalue weighted by atomic mass is 10.0. The monoisotopic (exact) mass is 201 g/mol. The third kappa shape index (κ3) is 2.56. The van der Waals surface area contributed by atoms with Gasteiger partial charge in [-0.25, -0.2) is 0 Å². The van der Waals surface area contributed by atoms with E-state index in [4.69, 9.17) is 5.26 Å². The lowest BCUT2D eigenvalue weighted by Gasteiger charge is -2.24. The second kappa shape index (κ2) is 4.92. The Kier molecular flexibility index (Phi) is 3.33. The van der Waals surface area contributed by atoms with Crippen LogP contribution >= 0.6 is 0 Å². The molecule has 0 amide bonds. The Morgan fingerprint density at radius 3 is 2.67 bits per heavy atom. The van der Waals surface area contributed by atoms with Crippen molar-refractivity contribution < 1.29 is 0 Å². The fourth-order valence-electron chi connectivity index (χ4n) is 1.85. The Morgan fingerprint density at radius 2 is 2.07 bits per heavy atom. The number of nitrogens with zero attached hydrogens (tertiary/aromatic N) is 1. The number of piperazine rings is 1. The minimum absolute atomic E-state index is 0.412. The zero-order valence-corrected chi connectivity index (χ0v) is 8.66. The molecule has 1 heterocycles. The van der Waals surface area contributed by atoms with Gasteiger partial charge in [0.15, 0.2) is 0 Å². The molecular formula is C12H15N3. The summed E-state index contributed by atoms with van der Waals surface area (Å²) in [5.41, 5.74) is 2.38. The molecule has 1 aliphatic rings. The smallest absolute Gasteiger partial charge is 0.0669 e. The first-order valence-electron chi connectivity index (χ1n) is 5.30. The van der Waals surface area contributed by atoms with Gasteiger partial charge in [0.05, 0.1) is 12.5 Å². The number of rotatable bonds is 2. The number of benzene rings is 1. The molecule has 78 valence electrons. The first-order chi connectivity index (χ1) is 7.40. The molecule has 0 spiro atoms. The molecule has 2 N–H and O–H groups in total. The normalized spacial score (nSPS) is 20.9. The molecule has 15 heavy (non-hydrogen) atoms. The van der Waals surface area contributed by atoms with E-state index in [2.05, 4.69) is 28.8 Å². The molecule has 0 radical (unpaired) electrons. The fraction of sp³-hybridized carbons (Fsp3) is 0.417. The summed E-state index contributed by atoms with van der Waals surface area (Å²) < 4.78 is 0. The van der Waals surface area contributed by atoms with Crippen molar-refractivity contribution in [2.24, 2.45) is 0 Å². The van der Waals surface area contributed by atoms with E-state index in [0.29, 0.717) is 12.5 Å². The Morgan fingerprint density at radius 1 is 1.27 bits per heavy atom. The lowest BCUT2D eigenvalue weighted by Crippen LogP contribution is -2.42. The predicted molar refractivity (Wildman–Crippen MR) is 59.4 cm³/mol.